The molecular formula is C12H11NO3S. The van der Waals surface area contributed by atoms with Crippen molar-refractivity contribution >= 4 is 22.0 Å². The molecule has 1 heterocycles. The summed E-state index contributed by atoms with van der Waals surface area (Å²) in [4.78, 5) is 12.0. The number of hydrogen-bond donors (Lipinski definition) is 1. The SMILES string of the molecule is O=c1c(S(=O)O)cn(C2CC2)c2ccccc12. The van der Waals surface area contributed by atoms with E-state index in [1.165, 1.54) is 6.20 Å². The Morgan fingerprint density at radius 3 is 2.65 bits per heavy atom. The zero-order chi connectivity index (χ0) is 12.0. The number of aromatic nitrogens is 1. The maximum absolute atomic E-state index is 12.0. The molecule has 5 heteroatoms. The van der Waals surface area contributed by atoms with Crippen LogP contribution in [0.3, 0.4) is 0 Å². The topological polar surface area (TPSA) is 59.3 Å². The zero-order valence-electron chi connectivity index (χ0n) is 9.00. The van der Waals surface area contributed by atoms with E-state index in [2.05, 4.69) is 0 Å². The predicted molar refractivity (Wildman–Crippen MR) is 65.5 cm³/mol. The van der Waals surface area contributed by atoms with Gasteiger partial charge in [-0.25, -0.2) is 4.21 Å². The van der Waals surface area contributed by atoms with Crippen LogP contribution in [0.25, 0.3) is 10.9 Å². The molecule has 1 aromatic carbocycles. The van der Waals surface area contributed by atoms with Crippen LogP contribution in [-0.4, -0.2) is 13.3 Å². The first-order chi connectivity index (χ1) is 8.18. The van der Waals surface area contributed by atoms with Gasteiger partial charge >= 0.3 is 0 Å². The number of para-hydroxylation sites is 1. The van der Waals surface area contributed by atoms with E-state index < -0.39 is 11.1 Å². The standard InChI is InChI=1S/C12H11NO3S/c14-12-9-3-1-2-4-10(9)13(8-5-6-8)7-11(12)17(15)16/h1-4,7-8H,5-6H2,(H,15,16). The van der Waals surface area contributed by atoms with Crippen molar-refractivity contribution in [3.63, 3.8) is 0 Å². The first-order valence-corrected chi connectivity index (χ1v) is 6.54. The number of pyridine rings is 1. The summed E-state index contributed by atoms with van der Waals surface area (Å²) in [5.41, 5.74) is 0.493. The van der Waals surface area contributed by atoms with Crippen molar-refractivity contribution in [1.82, 2.24) is 4.57 Å². The third kappa shape index (κ3) is 1.71. The second-order valence-electron chi connectivity index (χ2n) is 4.23. The lowest BCUT2D eigenvalue weighted by Gasteiger charge is -2.10. The van der Waals surface area contributed by atoms with E-state index in [9.17, 15) is 9.00 Å². The monoisotopic (exact) mass is 249 g/mol. The molecular weight excluding hydrogens is 238 g/mol. The van der Waals surface area contributed by atoms with Gasteiger partial charge in [-0.15, -0.1) is 0 Å². The first-order valence-electron chi connectivity index (χ1n) is 5.43. The van der Waals surface area contributed by atoms with Gasteiger partial charge in [0.15, 0.2) is 11.1 Å². The summed E-state index contributed by atoms with van der Waals surface area (Å²) in [5, 5.41) is 0.513. The fraction of sp³-hybridized carbons (Fsp3) is 0.250. The van der Waals surface area contributed by atoms with Crippen molar-refractivity contribution in [2.45, 2.75) is 23.8 Å². The molecule has 1 aliphatic carbocycles. The molecule has 1 atom stereocenters. The van der Waals surface area contributed by atoms with Crippen molar-refractivity contribution in [2.75, 3.05) is 0 Å². The summed E-state index contributed by atoms with van der Waals surface area (Å²) in [7, 11) is 0. The Bertz CT molecular complexity index is 673. The van der Waals surface area contributed by atoms with E-state index >= 15 is 0 Å². The molecule has 0 aliphatic heterocycles. The fourth-order valence-electron chi connectivity index (χ4n) is 2.06. The van der Waals surface area contributed by atoms with Crippen LogP contribution in [0.2, 0.25) is 0 Å². The largest absolute Gasteiger partial charge is 0.343 e. The summed E-state index contributed by atoms with van der Waals surface area (Å²) in [5.74, 6) is 0. The minimum absolute atomic E-state index is 0.0319. The van der Waals surface area contributed by atoms with Gasteiger partial charge in [-0.05, 0) is 25.0 Å². The average molecular weight is 249 g/mol. The highest BCUT2D eigenvalue weighted by molar-refractivity contribution is 7.79. The van der Waals surface area contributed by atoms with Gasteiger partial charge in [-0.1, -0.05) is 12.1 Å². The van der Waals surface area contributed by atoms with Crippen molar-refractivity contribution < 1.29 is 8.76 Å². The maximum Gasteiger partial charge on any atom is 0.207 e. The summed E-state index contributed by atoms with van der Waals surface area (Å²) < 4.78 is 22.3. The van der Waals surface area contributed by atoms with Crippen molar-refractivity contribution in [2.24, 2.45) is 0 Å². The van der Waals surface area contributed by atoms with Crippen LogP contribution in [0.1, 0.15) is 18.9 Å². The molecule has 1 fully saturated rings. The Balaban J connectivity index is 2.42. The number of hydrogen-bond acceptors (Lipinski definition) is 2. The first kappa shape index (κ1) is 10.7. The highest BCUT2D eigenvalue weighted by Crippen LogP contribution is 2.36. The van der Waals surface area contributed by atoms with Gasteiger partial charge in [0.1, 0.15) is 4.90 Å². The second-order valence-corrected chi connectivity index (χ2v) is 5.17. The molecule has 1 saturated carbocycles. The summed E-state index contributed by atoms with van der Waals surface area (Å²) in [6.45, 7) is 0. The van der Waals surface area contributed by atoms with Crippen LogP contribution in [-0.2, 0) is 11.1 Å². The molecule has 1 aromatic heterocycles. The molecule has 0 amide bonds. The lowest BCUT2D eigenvalue weighted by Crippen LogP contribution is -2.15. The predicted octanol–water partition coefficient (Wildman–Crippen LogP) is 1.92. The Labute approximate surface area is 100 Å². The normalized spacial score (nSPS) is 17.2. The molecule has 0 saturated heterocycles. The molecule has 17 heavy (non-hydrogen) atoms. The zero-order valence-corrected chi connectivity index (χ0v) is 9.81. The highest BCUT2D eigenvalue weighted by Gasteiger charge is 2.26. The van der Waals surface area contributed by atoms with Crippen LogP contribution in [0.5, 0.6) is 0 Å². The third-order valence-corrected chi connectivity index (χ3v) is 3.70. The molecule has 2 aromatic rings. The number of nitrogens with zero attached hydrogens (tertiary/aromatic N) is 1. The molecule has 1 unspecified atom stereocenters. The molecule has 1 N–H and O–H groups in total. The van der Waals surface area contributed by atoms with E-state index in [1.807, 2.05) is 16.7 Å². The Hall–Kier alpha value is -1.46. The maximum atomic E-state index is 12.0. The number of benzene rings is 1. The van der Waals surface area contributed by atoms with Gasteiger partial charge in [-0.2, -0.15) is 0 Å². The van der Waals surface area contributed by atoms with Crippen LogP contribution < -0.4 is 5.43 Å². The molecule has 88 valence electrons. The van der Waals surface area contributed by atoms with Gasteiger partial charge in [0.25, 0.3) is 0 Å². The highest BCUT2D eigenvalue weighted by atomic mass is 32.2. The van der Waals surface area contributed by atoms with Crippen LogP contribution in [0.15, 0.2) is 40.2 Å². The Morgan fingerprint density at radius 1 is 1.29 bits per heavy atom. The van der Waals surface area contributed by atoms with Crippen molar-refractivity contribution in [1.29, 1.82) is 0 Å². The molecule has 1 aliphatic rings. The smallest absolute Gasteiger partial charge is 0.207 e. The van der Waals surface area contributed by atoms with Gasteiger partial charge < -0.3 is 9.12 Å². The quantitative estimate of drug-likeness (QED) is 0.827. The summed E-state index contributed by atoms with van der Waals surface area (Å²) in [6.07, 6.45) is 3.65. The molecule has 0 spiro atoms. The third-order valence-electron chi connectivity index (χ3n) is 3.04. The van der Waals surface area contributed by atoms with Gasteiger partial charge in [0, 0.05) is 17.6 Å². The van der Waals surface area contributed by atoms with E-state index in [4.69, 9.17) is 4.55 Å². The van der Waals surface area contributed by atoms with Crippen molar-refractivity contribution in [3.05, 3.63) is 40.7 Å². The molecule has 0 bridgehead atoms. The van der Waals surface area contributed by atoms with Gasteiger partial charge in [0.05, 0.1) is 5.52 Å². The summed E-state index contributed by atoms with van der Waals surface area (Å²) >= 11 is -2.23. The summed E-state index contributed by atoms with van der Waals surface area (Å²) in [6, 6.07) is 7.58. The Kier molecular flexibility index (Phi) is 2.38. The molecule has 3 rings (SSSR count). The lowest BCUT2D eigenvalue weighted by atomic mass is 10.2. The molecule has 4 nitrogen and oxygen atoms in total. The van der Waals surface area contributed by atoms with E-state index in [1.54, 1.807) is 12.1 Å². The lowest BCUT2D eigenvalue weighted by molar-refractivity contribution is 0.562. The van der Waals surface area contributed by atoms with E-state index in [-0.39, 0.29) is 10.3 Å². The Morgan fingerprint density at radius 2 is 2.00 bits per heavy atom. The minimum Gasteiger partial charge on any atom is -0.343 e. The van der Waals surface area contributed by atoms with Gasteiger partial charge in [0.2, 0.25) is 5.43 Å². The van der Waals surface area contributed by atoms with Crippen LogP contribution in [0.4, 0.5) is 0 Å². The fourth-order valence-corrected chi connectivity index (χ4v) is 2.53. The van der Waals surface area contributed by atoms with Crippen molar-refractivity contribution in [3.8, 4) is 0 Å². The minimum atomic E-state index is -2.23. The van der Waals surface area contributed by atoms with E-state index in [0.29, 0.717) is 11.4 Å². The molecule has 0 radical (unpaired) electrons. The second kappa shape index (κ2) is 3.78. The van der Waals surface area contributed by atoms with Crippen LogP contribution in [0, 0.1) is 0 Å². The van der Waals surface area contributed by atoms with Crippen LogP contribution >= 0.6 is 0 Å². The number of fused-ring (bicyclic) bond motifs is 1. The average Bonchev–Trinajstić information content (AvgIpc) is 3.13. The van der Waals surface area contributed by atoms with Gasteiger partial charge in [-0.3, -0.25) is 4.79 Å². The number of rotatable bonds is 2. The van der Waals surface area contributed by atoms with E-state index in [0.717, 1.165) is 18.4 Å².